The highest BCUT2D eigenvalue weighted by atomic mass is 19.3. The molecule has 0 unspecified atom stereocenters. The van der Waals surface area contributed by atoms with Crippen molar-refractivity contribution in [2.24, 2.45) is 0 Å². The lowest BCUT2D eigenvalue weighted by Crippen LogP contribution is -2.04. The fraction of sp³-hybridized carbons (Fsp3) is 0.222. The van der Waals surface area contributed by atoms with E-state index < -0.39 is 12.1 Å². The fourth-order valence-corrected chi connectivity index (χ4v) is 1.09. The van der Waals surface area contributed by atoms with Crippen LogP contribution in [-0.2, 0) is 6.42 Å². The molecule has 0 fully saturated rings. The van der Waals surface area contributed by atoms with E-state index in [1.165, 1.54) is 0 Å². The Balaban J connectivity index is 3.33. The van der Waals surface area contributed by atoms with Gasteiger partial charge in [-0.15, -0.1) is 0 Å². The number of hydrogen-bond donors (Lipinski definition) is 1. The lowest BCUT2D eigenvalue weighted by atomic mass is 10.1. The van der Waals surface area contributed by atoms with Crippen molar-refractivity contribution < 1.29 is 8.78 Å². The predicted molar refractivity (Wildman–Crippen MR) is 47.6 cm³/mol. The number of anilines is 1. The first-order valence-electron chi connectivity index (χ1n) is 3.94. The van der Waals surface area contributed by atoms with Crippen molar-refractivity contribution in [2.45, 2.75) is 12.8 Å². The van der Waals surface area contributed by atoms with E-state index in [1.807, 2.05) is 0 Å². The molecule has 0 atom stereocenters. The van der Waals surface area contributed by atoms with Crippen LogP contribution >= 0.6 is 0 Å². The van der Waals surface area contributed by atoms with Crippen LogP contribution in [0, 0.1) is 22.7 Å². The molecule has 0 radical (unpaired) electrons. The summed E-state index contributed by atoms with van der Waals surface area (Å²) in [5, 5.41) is 17.1. The number of hydrogen-bond acceptors (Lipinski definition) is 4. The monoisotopic (exact) mass is 208 g/mol. The molecule has 0 aliphatic carbocycles. The predicted octanol–water partition coefficient (Wildman–Crippen LogP) is 1.54. The van der Waals surface area contributed by atoms with Gasteiger partial charge in [-0.2, -0.15) is 10.5 Å². The SMILES string of the molecule is N#CCc1c(C#N)cc(C(F)F)nc1N. The summed E-state index contributed by atoms with van der Waals surface area (Å²) in [5.74, 6) is -0.189. The molecule has 0 bridgehead atoms. The first kappa shape index (κ1) is 10.9. The number of alkyl halides is 2. The maximum Gasteiger partial charge on any atom is 0.280 e. The normalized spacial score (nSPS) is 9.67. The molecule has 15 heavy (non-hydrogen) atoms. The number of rotatable bonds is 2. The van der Waals surface area contributed by atoms with Crippen molar-refractivity contribution in [3.8, 4) is 12.1 Å². The highest BCUT2D eigenvalue weighted by molar-refractivity contribution is 5.52. The molecule has 1 rings (SSSR count). The van der Waals surface area contributed by atoms with Crippen molar-refractivity contribution in [3.05, 3.63) is 22.9 Å². The molecule has 4 nitrogen and oxygen atoms in total. The molecule has 1 heterocycles. The van der Waals surface area contributed by atoms with E-state index in [1.54, 1.807) is 12.1 Å². The zero-order valence-corrected chi connectivity index (χ0v) is 7.54. The lowest BCUT2D eigenvalue weighted by molar-refractivity contribution is 0.146. The first-order valence-corrected chi connectivity index (χ1v) is 3.94. The van der Waals surface area contributed by atoms with Gasteiger partial charge in [-0.25, -0.2) is 13.8 Å². The van der Waals surface area contributed by atoms with Gasteiger partial charge in [-0.05, 0) is 6.07 Å². The highest BCUT2D eigenvalue weighted by Crippen LogP contribution is 2.23. The van der Waals surface area contributed by atoms with Gasteiger partial charge in [0.05, 0.1) is 24.1 Å². The van der Waals surface area contributed by atoms with Gasteiger partial charge >= 0.3 is 0 Å². The average Bonchev–Trinajstić information content (AvgIpc) is 2.20. The van der Waals surface area contributed by atoms with E-state index in [0.717, 1.165) is 6.07 Å². The van der Waals surface area contributed by atoms with Gasteiger partial charge in [-0.3, -0.25) is 0 Å². The lowest BCUT2D eigenvalue weighted by Gasteiger charge is -2.06. The largest absolute Gasteiger partial charge is 0.383 e. The number of nitrogens with zero attached hydrogens (tertiary/aromatic N) is 3. The van der Waals surface area contributed by atoms with Crippen molar-refractivity contribution in [1.82, 2.24) is 4.98 Å². The third-order valence-corrected chi connectivity index (χ3v) is 1.78. The van der Waals surface area contributed by atoms with Crippen molar-refractivity contribution in [2.75, 3.05) is 5.73 Å². The van der Waals surface area contributed by atoms with Crippen molar-refractivity contribution >= 4 is 5.82 Å². The summed E-state index contributed by atoms with van der Waals surface area (Å²) in [6, 6.07) is 4.45. The second-order valence-electron chi connectivity index (χ2n) is 2.71. The maximum atomic E-state index is 12.3. The van der Waals surface area contributed by atoms with E-state index in [9.17, 15) is 8.78 Å². The molecule has 0 aliphatic heterocycles. The minimum Gasteiger partial charge on any atom is -0.383 e. The van der Waals surface area contributed by atoms with Crippen LogP contribution in [-0.4, -0.2) is 4.98 Å². The van der Waals surface area contributed by atoms with Gasteiger partial charge in [0.25, 0.3) is 6.43 Å². The zero-order valence-electron chi connectivity index (χ0n) is 7.54. The molecular weight excluding hydrogens is 202 g/mol. The first-order chi connectivity index (χ1) is 7.10. The van der Waals surface area contributed by atoms with Gasteiger partial charge in [0.1, 0.15) is 11.5 Å². The molecule has 1 aromatic heterocycles. The molecule has 6 heteroatoms. The Bertz CT molecular complexity index is 456. The van der Waals surface area contributed by atoms with E-state index in [-0.39, 0.29) is 23.4 Å². The van der Waals surface area contributed by atoms with Crippen LogP contribution < -0.4 is 5.73 Å². The van der Waals surface area contributed by atoms with E-state index >= 15 is 0 Å². The number of aromatic nitrogens is 1. The number of nitriles is 2. The summed E-state index contributed by atoms with van der Waals surface area (Å²) in [6.45, 7) is 0. The molecule has 1 aromatic rings. The molecule has 2 N–H and O–H groups in total. The molecule has 0 spiro atoms. The zero-order chi connectivity index (χ0) is 11.4. The molecular formula is C9H6F2N4. The van der Waals surface area contributed by atoms with Crippen LogP contribution in [0.25, 0.3) is 0 Å². The summed E-state index contributed by atoms with van der Waals surface area (Å²) in [7, 11) is 0. The Morgan fingerprint density at radius 2 is 2.13 bits per heavy atom. The molecule has 0 amide bonds. The Morgan fingerprint density at radius 1 is 1.47 bits per heavy atom. The van der Waals surface area contributed by atoms with Crippen LogP contribution in [0.2, 0.25) is 0 Å². The summed E-state index contributed by atoms with van der Waals surface area (Å²) >= 11 is 0. The Hall–Kier alpha value is -2.21. The van der Waals surface area contributed by atoms with Crippen LogP contribution in [0.15, 0.2) is 6.07 Å². The topological polar surface area (TPSA) is 86.5 Å². The number of nitrogen functional groups attached to an aromatic ring is 1. The molecule has 0 aromatic carbocycles. The van der Waals surface area contributed by atoms with E-state index in [0.29, 0.717) is 0 Å². The number of nitrogens with two attached hydrogens (primary N) is 1. The molecule has 0 aliphatic rings. The summed E-state index contributed by atoms with van der Waals surface area (Å²) in [5.41, 5.74) is 4.99. The van der Waals surface area contributed by atoms with Gasteiger partial charge in [0.2, 0.25) is 0 Å². The minimum atomic E-state index is -2.78. The molecule has 0 saturated carbocycles. The highest BCUT2D eigenvalue weighted by Gasteiger charge is 2.15. The van der Waals surface area contributed by atoms with Crippen LogP contribution in [0.5, 0.6) is 0 Å². The van der Waals surface area contributed by atoms with Gasteiger partial charge in [0, 0.05) is 5.56 Å². The van der Waals surface area contributed by atoms with E-state index in [4.69, 9.17) is 16.3 Å². The third-order valence-electron chi connectivity index (χ3n) is 1.78. The van der Waals surface area contributed by atoms with Gasteiger partial charge in [-0.1, -0.05) is 0 Å². The minimum absolute atomic E-state index is 0.0284. The number of pyridine rings is 1. The van der Waals surface area contributed by atoms with Gasteiger partial charge < -0.3 is 5.73 Å². The summed E-state index contributed by atoms with van der Waals surface area (Å²) in [6.07, 6.45) is -2.90. The maximum absolute atomic E-state index is 12.3. The van der Waals surface area contributed by atoms with Crippen LogP contribution in [0.3, 0.4) is 0 Å². The standard InChI is InChI=1S/C9H6F2N4/c10-8(11)7-3-5(4-13)6(1-2-12)9(14)15-7/h3,8H,1H2,(H2,14,15). The smallest absolute Gasteiger partial charge is 0.280 e. The summed E-state index contributed by atoms with van der Waals surface area (Å²) in [4.78, 5) is 3.43. The number of halogens is 2. The van der Waals surface area contributed by atoms with Crippen molar-refractivity contribution in [3.63, 3.8) is 0 Å². The third kappa shape index (κ3) is 2.18. The fourth-order valence-electron chi connectivity index (χ4n) is 1.09. The molecule has 0 saturated heterocycles. The Morgan fingerprint density at radius 3 is 2.60 bits per heavy atom. The average molecular weight is 208 g/mol. The van der Waals surface area contributed by atoms with Crippen LogP contribution in [0.1, 0.15) is 23.2 Å². The Kier molecular flexibility index (Phi) is 3.14. The van der Waals surface area contributed by atoms with Crippen molar-refractivity contribution in [1.29, 1.82) is 10.5 Å². The van der Waals surface area contributed by atoms with Crippen LogP contribution in [0.4, 0.5) is 14.6 Å². The Labute approximate surface area is 84.6 Å². The summed E-state index contributed by atoms with van der Waals surface area (Å²) < 4.78 is 24.6. The quantitative estimate of drug-likeness (QED) is 0.798. The van der Waals surface area contributed by atoms with Gasteiger partial charge in [0.15, 0.2) is 0 Å². The van der Waals surface area contributed by atoms with E-state index in [2.05, 4.69) is 4.98 Å². The molecule has 76 valence electrons. The second-order valence-corrected chi connectivity index (χ2v) is 2.71. The second kappa shape index (κ2) is 4.34.